The Bertz CT molecular complexity index is 1350. The predicted octanol–water partition coefficient (Wildman–Crippen LogP) is 3.44. The smallest absolute Gasteiger partial charge is 0.256 e. The minimum atomic E-state index is -0.256. The molecule has 0 bridgehead atoms. The maximum atomic E-state index is 13.4. The molecule has 2 amide bonds. The summed E-state index contributed by atoms with van der Waals surface area (Å²) in [5, 5.41) is 0. The van der Waals surface area contributed by atoms with E-state index in [1.165, 1.54) is 0 Å². The van der Waals surface area contributed by atoms with Crippen LogP contribution >= 0.6 is 0 Å². The molecule has 6 rings (SSSR count). The Balaban J connectivity index is 1.03. The highest BCUT2D eigenvalue weighted by atomic mass is 16.5. The average Bonchev–Trinajstić information content (AvgIpc) is 3.57. The molecule has 2 aromatic carbocycles. The summed E-state index contributed by atoms with van der Waals surface area (Å²) in [5.74, 6) is 1.83. The van der Waals surface area contributed by atoms with Gasteiger partial charge in [-0.1, -0.05) is 0 Å². The van der Waals surface area contributed by atoms with Crippen molar-refractivity contribution in [2.75, 3.05) is 54.7 Å². The molecule has 0 aromatic heterocycles. The van der Waals surface area contributed by atoms with Crippen molar-refractivity contribution in [3.63, 3.8) is 0 Å². The zero-order valence-corrected chi connectivity index (χ0v) is 24.8. The maximum Gasteiger partial charge on any atom is 0.256 e. The van der Waals surface area contributed by atoms with Crippen LogP contribution in [-0.2, 0) is 9.47 Å². The summed E-state index contributed by atoms with van der Waals surface area (Å²) in [6.45, 7) is 2.12. The van der Waals surface area contributed by atoms with Gasteiger partial charge in [-0.05, 0) is 31.4 Å². The minimum Gasteiger partial charge on any atom is -0.493 e. The second kappa shape index (κ2) is 12.2. The van der Waals surface area contributed by atoms with E-state index < -0.39 is 0 Å². The molecule has 228 valence electrons. The van der Waals surface area contributed by atoms with Crippen LogP contribution in [0.2, 0.25) is 0 Å². The van der Waals surface area contributed by atoms with Gasteiger partial charge in [0.15, 0.2) is 23.0 Å². The van der Waals surface area contributed by atoms with Gasteiger partial charge in [-0.3, -0.25) is 19.6 Å². The highest BCUT2D eigenvalue weighted by Crippen LogP contribution is 2.39. The van der Waals surface area contributed by atoms with Crippen molar-refractivity contribution in [1.29, 1.82) is 0 Å². The molecule has 0 saturated carbocycles. The van der Waals surface area contributed by atoms with Crippen LogP contribution in [0.5, 0.6) is 23.0 Å². The van der Waals surface area contributed by atoms with Gasteiger partial charge in [-0.2, -0.15) is 0 Å². The Morgan fingerprint density at radius 2 is 1.05 bits per heavy atom. The largest absolute Gasteiger partial charge is 0.493 e. The molecular formula is C31H36N4O8. The number of nitrogens with zero attached hydrogens (tertiary/aromatic N) is 4. The number of methoxy groups -OCH3 is 4. The summed E-state index contributed by atoms with van der Waals surface area (Å²) in [7, 11) is 6.20. The standard InChI is InChI=1S/C31H36N4O8/c1-38-26-12-18-20(14-28(26)40-3)32-16-22-24(6-8-34(22)30(18)36)42-10-5-11-43-25-7-9-35-23(25)17-33-21-15-29(41-4)27(39-2)13-19(21)31(35)37/h12-17,22-25H,5-11H2,1-4H3/t22-,23-,24+,25?/m1/s1. The van der Waals surface area contributed by atoms with Crippen LogP contribution in [0.1, 0.15) is 40.0 Å². The number of carbonyl (C=O) groups is 2. The van der Waals surface area contributed by atoms with Gasteiger partial charge in [0.05, 0.1) is 75.2 Å². The monoisotopic (exact) mass is 592 g/mol. The zero-order valence-electron chi connectivity index (χ0n) is 24.8. The fraction of sp³-hybridized carbons (Fsp3) is 0.484. The fourth-order valence-electron chi connectivity index (χ4n) is 6.21. The van der Waals surface area contributed by atoms with E-state index in [4.69, 9.17) is 28.4 Å². The summed E-state index contributed by atoms with van der Waals surface area (Å²) in [4.78, 5) is 39.6. The predicted molar refractivity (Wildman–Crippen MR) is 158 cm³/mol. The van der Waals surface area contributed by atoms with E-state index in [0.717, 1.165) is 12.8 Å². The fourth-order valence-corrected chi connectivity index (χ4v) is 6.21. The first-order chi connectivity index (χ1) is 21.0. The number of fused-ring (bicyclic) bond motifs is 4. The van der Waals surface area contributed by atoms with Crippen molar-refractivity contribution in [3.8, 4) is 23.0 Å². The maximum absolute atomic E-state index is 13.4. The van der Waals surface area contributed by atoms with Crippen molar-refractivity contribution in [2.45, 2.75) is 43.6 Å². The lowest BCUT2D eigenvalue weighted by atomic mass is 10.1. The zero-order chi connectivity index (χ0) is 30.1. The van der Waals surface area contributed by atoms with Gasteiger partial charge >= 0.3 is 0 Å². The molecule has 12 nitrogen and oxygen atoms in total. The van der Waals surface area contributed by atoms with E-state index in [9.17, 15) is 9.59 Å². The lowest BCUT2D eigenvalue weighted by Gasteiger charge is -2.24. The number of benzene rings is 2. The third-order valence-corrected chi connectivity index (χ3v) is 8.46. The van der Waals surface area contributed by atoms with E-state index in [0.29, 0.717) is 78.2 Å². The van der Waals surface area contributed by atoms with Crippen LogP contribution in [0.15, 0.2) is 34.3 Å². The molecule has 0 spiro atoms. The molecular weight excluding hydrogens is 556 g/mol. The highest BCUT2D eigenvalue weighted by Gasteiger charge is 2.41. The van der Waals surface area contributed by atoms with Crippen molar-refractivity contribution < 1.29 is 38.0 Å². The number of hydrogen-bond donors (Lipinski definition) is 0. The second-order valence-corrected chi connectivity index (χ2v) is 10.7. The lowest BCUT2D eigenvalue weighted by Crippen LogP contribution is -2.41. The quantitative estimate of drug-likeness (QED) is 0.385. The van der Waals surface area contributed by atoms with Gasteiger partial charge in [0.1, 0.15) is 0 Å². The SMILES string of the molecule is COc1cc2c(cc1OC)C(=O)N1CCC(OCCCO[C@H]3CCN4C(=O)c5cc(OC)c(OC)cc5N=C[C@H]34)[C@H]1C=N2. The van der Waals surface area contributed by atoms with Crippen LogP contribution < -0.4 is 18.9 Å². The molecule has 4 aliphatic heterocycles. The second-order valence-electron chi connectivity index (χ2n) is 10.7. The van der Waals surface area contributed by atoms with Crippen molar-refractivity contribution in [2.24, 2.45) is 9.98 Å². The van der Waals surface area contributed by atoms with Crippen LogP contribution in [0.25, 0.3) is 0 Å². The van der Waals surface area contributed by atoms with E-state index in [2.05, 4.69) is 9.98 Å². The number of aliphatic imine (C=N–C) groups is 2. The number of carbonyl (C=O) groups excluding carboxylic acids is 2. The first-order valence-corrected chi connectivity index (χ1v) is 14.4. The Labute approximate surface area is 250 Å². The summed E-state index contributed by atoms with van der Waals surface area (Å²) in [6.07, 6.45) is 5.39. The Morgan fingerprint density at radius 3 is 1.44 bits per heavy atom. The molecule has 2 saturated heterocycles. The summed E-state index contributed by atoms with van der Waals surface area (Å²) in [6, 6.07) is 6.30. The molecule has 4 atom stereocenters. The normalized spacial score (nSPS) is 23.7. The van der Waals surface area contributed by atoms with Crippen LogP contribution in [-0.4, -0.2) is 113 Å². The summed E-state index contributed by atoms with van der Waals surface area (Å²) in [5.41, 5.74) is 2.07. The van der Waals surface area contributed by atoms with Crippen LogP contribution in [0, 0.1) is 0 Å². The highest BCUT2D eigenvalue weighted by molar-refractivity contribution is 6.04. The molecule has 0 radical (unpaired) electrons. The molecule has 4 heterocycles. The Morgan fingerprint density at radius 1 is 0.651 bits per heavy atom. The molecule has 4 aliphatic rings. The average molecular weight is 593 g/mol. The molecule has 2 aromatic rings. The molecule has 1 unspecified atom stereocenters. The van der Waals surface area contributed by atoms with E-state index in [-0.39, 0.29) is 36.1 Å². The van der Waals surface area contributed by atoms with Gasteiger partial charge in [-0.15, -0.1) is 0 Å². The number of rotatable bonds is 10. The molecule has 2 fully saturated rings. The molecule has 0 aliphatic carbocycles. The van der Waals surface area contributed by atoms with Gasteiger partial charge in [0, 0.05) is 50.9 Å². The van der Waals surface area contributed by atoms with E-state index >= 15 is 0 Å². The van der Waals surface area contributed by atoms with Gasteiger partial charge in [-0.25, -0.2) is 0 Å². The number of ether oxygens (including phenoxy) is 6. The Hall–Kier alpha value is -4.16. The number of hydrogen-bond acceptors (Lipinski definition) is 10. The van der Waals surface area contributed by atoms with Crippen molar-refractivity contribution in [3.05, 3.63) is 35.4 Å². The van der Waals surface area contributed by atoms with Crippen LogP contribution in [0.4, 0.5) is 11.4 Å². The minimum absolute atomic E-state index is 0.0997. The molecule has 43 heavy (non-hydrogen) atoms. The van der Waals surface area contributed by atoms with Gasteiger partial charge in [0.25, 0.3) is 11.8 Å². The first kappa shape index (κ1) is 28.9. The van der Waals surface area contributed by atoms with Crippen molar-refractivity contribution in [1.82, 2.24) is 9.80 Å². The van der Waals surface area contributed by atoms with Gasteiger partial charge < -0.3 is 38.2 Å². The molecule has 0 N–H and O–H groups in total. The van der Waals surface area contributed by atoms with E-state index in [1.807, 2.05) is 0 Å². The van der Waals surface area contributed by atoms with E-state index in [1.54, 1.807) is 74.9 Å². The van der Waals surface area contributed by atoms with Crippen molar-refractivity contribution >= 4 is 35.6 Å². The third-order valence-electron chi connectivity index (χ3n) is 8.46. The Kier molecular flexibility index (Phi) is 8.22. The molecule has 12 heteroatoms. The van der Waals surface area contributed by atoms with Gasteiger partial charge in [0.2, 0.25) is 0 Å². The number of amides is 2. The topological polar surface area (TPSA) is 121 Å². The van der Waals surface area contributed by atoms with Crippen LogP contribution in [0.3, 0.4) is 0 Å². The summed E-state index contributed by atoms with van der Waals surface area (Å²) < 4.78 is 34.0. The lowest BCUT2D eigenvalue weighted by molar-refractivity contribution is 0.00710. The summed E-state index contributed by atoms with van der Waals surface area (Å²) >= 11 is 0. The first-order valence-electron chi connectivity index (χ1n) is 14.4. The third kappa shape index (κ3) is 5.29.